The molecule has 5 heterocycles. The molecule has 3 N–H and O–H groups in total. The van der Waals surface area contributed by atoms with E-state index in [0.717, 1.165) is 101 Å². The van der Waals surface area contributed by atoms with E-state index in [0.29, 0.717) is 46.4 Å². The van der Waals surface area contributed by atoms with E-state index in [1.807, 2.05) is 6.07 Å². The highest BCUT2D eigenvalue weighted by atomic mass is 32.1. The molecule has 5 aliphatic rings. The highest BCUT2D eigenvalue weighted by Crippen LogP contribution is 2.51. The number of halogens is 2. The molecule has 252 valence electrons. The Labute approximate surface area is 287 Å². The molecule has 2 unspecified atom stereocenters. The van der Waals surface area contributed by atoms with Gasteiger partial charge in [-0.2, -0.15) is 20.5 Å². The zero-order valence-corrected chi connectivity index (χ0v) is 28.1. The maximum atomic E-state index is 17.4. The van der Waals surface area contributed by atoms with Crippen LogP contribution in [0.5, 0.6) is 6.01 Å². The van der Waals surface area contributed by atoms with Crippen LogP contribution in [0.2, 0.25) is 0 Å². The van der Waals surface area contributed by atoms with Crippen molar-refractivity contribution < 1.29 is 13.5 Å². The summed E-state index contributed by atoms with van der Waals surface area (Å²) in [7, 11) is 0. The lowest BCUT2D eigenvalue weighted by Crippen LogP contribution is -2.51. The number of likely N-dealkylation sites (tertiary alicyclic amines) is 1. The van der Waals surface area contributed by atoms with Crippen molar-refractivity contribution in [2.45, 2.75) is 69.4 Å². The number of ether oxygens (including phenoxy) is 1. The van der Waals surface area contributed by atoms with E-state index >= 15 is 8.78 Å². The van der Waals surface area contributed by atoms with Gasteiger partial charge in [-0.3, -0.25) is 0 Å². The third-order valence-electron chi connectivity index (χ3n) is 11.4. The summed E-state index contributed by atoms with van der Waals surface area (Å²) in [6, 6.07) is 10.4. The van der Waals surface area contributed by atoms with E-state index in [1.165, 1.54) is 6.07 Å². The predicted octanol–water partition coefficient (Wildman–Crippen LogP) is 6.46. The summed E-state index contributed by atoms with van der Waals surface area (Å²) in [5.74, 6) is -0.0123. The Morgan fingerprint density at radius 1 is 1.04 bits per heavy atom. The molecule has 2 aromatic carbocycles. The second-order valence-electron chi connectivity index (χ2n) is 14.9. The van der Waals surface area contributed by atoms with Gasteiger partial charge in [0, 0.05) is 59.4 Å². The number of nitrogen functional groups attached to an aromatic ring is 1. The molecule has 4 aromatic rings. The van der Waals surface area contributed by atoms with Gasteiger partial charge in [-0.15, -0.1) is 11.3 Å². The SMILES string of the molecule is N#Cc1c(N)sc2c(F)ccc(-c3c(C4CC4)cc4c(N5CC6CCC(C5)N6)nc(OCC5(CN6CCC(C#N)CC6)CC5)nc4c3F)c12. The van der Waals surface area contributed by atoms with Crippen LogP contribution in [0.4, 0.5) is 19.6 Å². The fourth-order valence-electron chi connectivity index (χ4n) is 8.42. The van der Waals surface area contributed by atoms with Crippen LogP contribution in [0.25, 0.3) is 32.1 Å². The minimum atomic E-state index is -0.505. The number of piperazine rings is 1. The standard InChI is InChI=1S/C37H38F2N8OS/c38-28-6-5-24(30-27(15-41)34(42)49-33(28)30)29-25(21-1-2-21)13-26-32(31(29)39)44-36(45-35(26)47-16-22-3-4-23(17-47)43-22)48-19-37(9-10-37)18-46-11-7-20(14-40)8-12-46/h5-6,13,20-23,43H,1-4,7-12,16-19,42H2. The number of thiophene rings is 1. The van der Waals surface area contributed by atoms with Crippen molar-refractivity contribution in [2.24, 2.45) is 11.3 Å². The summed E-state index contributed by atoms with van der Waals surface area (Å²) >= 11 is 1.02. The molecule has 9 rings (SSSR count). The van der Waals surface area contributed by atoms with Crippen LogP contribution in [0.15, 0.2) is 18.2 Å². The summed E-state index contributed by atoms with van der Waals surface area (Å²) in [4.78, 5) is 14.5. The molecule has 0 spiro atoms. The van der Waals surface area contributed by atoms with E-state index in [-0.39, 0.29) is 44.0 Å². The quantitative estimate of drug-likeness (QED) is 0.216. The molecular weight excluding hydrogens is 643 g/mol. The van der Waals surface area contributed by atoms with E-state index in [4.69, 9.17) is 20.4 Å². The van der Waals surface area contributed by atoms with Crippen molar-refractivity contribution in [3.63, 3.8) is 0 Å². The highest BCUT2D eigenvalue weighted by molar-refractivity contribution is 7.23. The molecular formula is C37H38F2N8OS. The Morgan fingerprint density at radius 2 is 1.80 bits per heavy atom. The molecule has 3 aliphatic heterocycles. The first-order valence-electron chi connectivity index (χ1n) is 17.5. The molecule has 2 saturated carbocycles. The predicted molar refractivity (Wildman–Crippen MR) is 185 cm³/mol. The molecule has 12 heteroatoms. The number of nitrogens with one attached hydrogen (secondary N) is 1. The molecule has 2 aliphatic carbocycles. The lowest BCUT2D eigenvalue weighted by Gasteiger charge is -2.34. The normalized spacial score (nSPS) is 23.6. The molecule has 2 aromatic heterocycles. The van der Waals surface area contributed by atoms with E-state index in [9.17, 15) is 10.5 Å². The number of nitrogens with zero attached hydrogens (tertiary/aromatic N) is 6. The maximum absolute atomic E-state index is 17.4. The molecule has 2 atom stereocenters. The minimum Gasteiger partial charge on any atom is -0.463 e. The van der Waals surface area contributed by atoms with Gasteiger partial charge < -0.3 is 25.6 Å². The van der Waals surface area contributed by atoms with Crippen molar-refractivity contribution in [3.8, 4) is 29.3 Å². The topological polar surface area (TPSA) is 127 Å². The smallest absolute Gasteiger partial charge is 0.319 e. The Bertz CT molecular complexity index is 2060. The first-order chi connectivity index (χ1) is 23.8. The van der Waals surface area contributed by atoms with E-state index in [2.05, 4.69) is 27.3 Å². The number of aromatic nitrogens is 2. The molecule has 9 nitrogen and oxygen atoms in total. The number of nitriles is 2. The van der Waals surface area contributed by atoms with Gasteiger partial charge >= 0.3 is 6.01 Å². The number of piperidine rings is 1. The van der Waals surface area contributed by atoms with Crippen LogP contribution in [0.1, 0.15) is 68.4 Å². The number of fused-ring (bicyclic) bond motifs is 4. The Kier molecular flexibility index (Phi) is 7.42. The third-order valence-corrected chi connectivity index (χ3v) is 12.5. The average molecular weight is 681 g/mol. The molecule has 49 heavy (non-hydrogen) atoms. The van der Waals surface area contributed by atoms with Gasteiger partial charge in [0.25, 0.3) is 0 Å². The Balaban J connectivity index is 1.14. The van der Waals surface area contributed by atoms with Crippen LogP contribution in [0, 0.1) is 45.6 Å². The van der Waals surface area contributed by atoms with Crippen molar-refractivity contribution >= 4 is 43.1 Å². The highest BCUT2D eigenvalue weighted by Gasteiger charge is 2.45. The third kappa shape index (κ3) is 5.45. The monoisotopic (exact) mass is 680 g/mol. The van der Waals surface area contributed by atoms with Gasteiger partial charge in [-0.25, -0.2) is 8.78 Å². The van der Waals surface area contributed by atoms with Crippen molar-refractivity contribution in [1.82, 2.24) is 20.2 Å². The van der Waals surface area contributed by atoms with Crippen LogP contribution in [-0.4, -0.2) is 66.3 Å². The van der Waals surface area contributed by atoms with Gasteiger partial charge in [0.05, 0.1) is 22.9 Å². The molecule has 3 saturated heterocycles. The Morgan fingerprint density at radius 3 is 2.47 bits per heavy atom. The number of nitrogens with two attached hydrogens (primary N) is 1. The Hall–Kier alpha value is -4.10. The molecule has 0 amide bonds. The van der Waals surface area contributed by atoms with Crippen molar-refractivity contribution in [2.75, 3.05) is 50.0 Å². The number of hydrogen-bond donors (Lipinski definition) is 2. The van der Waals surface area contributed by atoms with Gasteiger partial charge in [-0.05, 0) is 93.6 Å². The number of rotatable bonds is 8. The number of benzene rings is 2. The first kappa shape index (κ1) is 30.9. The van der Waals surface area contributed by atoms with Crippen LogP contribution in [-0.2, 0) is 0 Å². The lowest BCUT2D eigenvalue weighted by molar-refractivity contribution is 0.130. The van der Waals surface area contributed by atoms with Gasteiger partial charge in [0.2, 0.25) is 0 Å². The zero-order chi connectivity index (χ0) is 33.4. The van der Waals surface area contributed by atoms with Gasteiger partial charge in [-0.1, -0.05) is 6.07 Å². The molecule has 5 fully saturated rings. The fraction of sp³-hybridized carbons (Fsp3) is 0.514. The van der Waals surface area contributed by atoms with Crippen molar-refractivity contribution in [1.29, 1.82) is 10.5 Å². The van der Waals surface area contributed by atoms with Gasteiger partial charge in [0.1, 0.15) is 28.2 Å². The molecule has 0 radical (unpaired) electrons. The zero-order valence-electron chi connectivity index (χ0n) is 27.3. The second kappa shape index (κ2) is 11.8. The van der Waals surface area contributed by atoms with Crippen LogP contribution < -0.4 is 20.7 Å². The minimum absolute atomic E-state index is 0.00204. The van der Waals surface area contributed by atoms with E-state index in [1.54, 1.807) is 6.07 Å². The summed E-state index contributed by atoms with van der Waals surface area (Å²) in [6.07, 6.45) is 7.92. The number of anilines is 2. The van der Waals surface area contributed by atoms with Crippen molar-refractivity contribution in [3.05, 3.63) is 41.0 Å². The first-order valence-corrected chi connectivity index (χ1v) is 18.4. The maximum Gasteiger partial charge on any atom is 0.319 e. The van der Waals surface area contributed by atoms with Crippen LogP contribution >= 0.6 is 11.3 Å². The summed E-state index contributed by atoms with van der Waals surface area (Å²) in [5.41, 5.74) is 8.17. The summed E-state index contributed by atoms with van der Waals surface area (Å²) in [6.45, 7) is 4.71. The van der Waals surface area contributed by atoms with Crippen LogP contribution in [0.3, 0.4) is 0 Å². The average Bonchev–Trinajstić information content (AvgIpc) is 4.04. The molecule has 2 bridgehead atoms. The lowest BCUT2D eigenvalue weighted by atomic mass is 9.91. The summed E-state index contributed by atoms with van der Waals surface area (Å²) in [5, 5.41) is 24.2. The fourth-order valence-corrected chi connectivity index (χ4v) is 9.37. The number of hydrogen-bond acceptors (Lipinski definition) is 10. The second-order valence-corrected chi connectivity index (χ2v) is 16.0. The van der Waals surface area contributed by atoms with Gasteiger partial charge in [0.15, 0.2) is 5.82 Å². The van der Waals surface area contributed by atoms with E-state index < -0.39 is 11.6 Å². The summed E-state index contributed by atoms with van der Waals surface area (Å²) < 4.78 is 39.2. The largest absolute Gasteiger partial charge is 0.463 e.